The zero-order valence-electron chi connectivity index (χ0n) is 11.0. The van der Waals surface area contributed by atoms with Gasteiger partial charge in [0.15, 0.2) is 9.84 Å². The average molecular weight is 294 g/mol. The molecule has 0 aliphatic rings. The number of aromatic hydroxyl groups is 1. The van der Waals surface area contributed by atoms with Crippen molar-refractivity contribution in [3.8, 4) is 5.75 Å². The van der Waals surface area contributed by atoms with Crippen molar-refractivity contribution in [1.29, 1.82) is 0 Å². The molecular formula is C12H14N4O3S. The zero-order valence-corrected chi connectivity index (χ0v) is 11.8. The van der Waals surface area contributed by atoms with Crippen molar-refractivity contribution in [3.05, 3.63) is 35.7 Å². The molecule has 20 heavy (non-hydrogen) atoms. The minimum atomic E-state index is -3.35. The minimum Gasteiger partial charge on any atom is -0.507 e. The van der Waals surface area contributed by atoms with Crippen molar-refractivity contribution < 1.29 is 13.5 Å². The van der Waals surface area contributed by atoms with Crippen LogP contribution in [0.5, 0.6) is 5.75 Å². The molecule has 0 bridgehead atoms. The van der Waals surface area contributed by atoms with Gasteiger partial charge in [0.25, 0.3) is 0 Å². The lowest BCUT2D eigenvalue weighted by atomic mass is 10.2. The highest BCUT2D eigenvalue weighted by Crippen LogP contribution is 2.20. The van der Waals surface area contributed by atoms with Crippen LogP contribution in [0.3, 0.4) is 0 Å². The van der Waals surface area contributed by atoms with Crippen LogP contribution in [-0.2, 0) is 9.84 Å². The number of aromatic nitrogens is 2. The summed E-state index contributed by atoms with van der Waals surface area (Å²) < 4.78 is 24.3. The topological polar surface area (TPSA) is 111 Å². The van der Waals surface area contributed by atoms with Crippen LogP contribution in [-0.4, -0.2) is 35.7 Å². The third-order valence-corrected chi connectivity index (χ3v) is 3.69. The second-order valence-electron chi connectivity index (χ2n) is 4.32. The van der Waals surface area contributed by atoms with Gasteiger partial charge in [-0.15, -0.1) is 0 Å². The summed E-state index contributed by atoms with van der Waals surface area (Å²) in [6.07, 6.45) is 4.03. The zero-order chi connectivity index (χ0) is 14.9. The highest BCUT2D eigenvalue weighted by molar-refractivity contribution is 7.90. The maximum absolute atomic E-state index is 11.5. The summed E-state index contributed by atoms with van der Waals surface area (Å²) in [6, 6.07) is 3.98. The molecule has 2 rings (SSSR count). The van der Waals surface area contributed by atoms with Gasteiger partial charge >= 0.3 is 0 Å². The molecule has 1 aromatic carbocycles. The first kappa shape index (κ1) is 14.1. The van der Waals surface area contributed by atoms with Crippen LogP contribution >= 0.6 is 0 Å². The number of hydrogen-bond donors (Lipinski definition) is 2. The number of nitrogen functional groups attached to an aromatic ring is 1. The van der Waals surface area contributed by atoms with E-state index in [1.807, 2.05) is 0 Å². The molecule has 3 N–H and O–H groups in total. The van der Waals surface area contributed by atoms with Crippen LogP contribution in [0.15, 0.2) is 34.4 Å². The number of sulfone groups is 1. The molecule has 0 spiro atoms. The number of anilines is 1. The van der Waals surface area contributed by atoms with E-state index < -0.39 is 9.84 Å². The molecule has 0 unspecified atom stereocenters. The van der Waals surface area contributed by atoms with E-state index in [1.54, 1.807) is 13.1 Å². The second kappa shape index (κ2) is 4.97. The van der Waals surface area contributed by atoms with E-state index in [1.165, 1.54) is 29.1 Å². The summed E-state index contributed by atoms with van der Waals surface area (Å²) >= 11 is 0. The Kier molecular flexibility index (Phi) is 3.49. The van der Waals surface area contributed by atoms with Crippen LogP contribution in [0.1, 0.15) is 11.3 Å². The number of phenolic OH excluding ortho intramolecular Hbond substituents is 1. The molecule has 0 fully saturated rings. The Balaban J connectivity index is 2.41. The van der Waals surface area contributed by atoms with Crippen molar-refractivity contribution in [1.82, 2.24) is 9.66 Å². The van der Waals surface area contributed by atoms with E-state index >= 15 is 0 Å². The van der Waals surface area contributed by atoms with E-state index in [-0.39, 0.29) is 22.2 Å². The molecule has 1 heterocycles. The number of benzene rings is 1. The van der Waals surface area contributed by atoms with Crippen LogP contribution in [0, 0.1) is 6.92 Å². The van der Waals surface area contributed by atoms with Crippen LogP contribution < -0.4 is 5.73 Å². The Bertz CT molecular complexity index is 778. The van der Waals surface area contributed by atoms with Gasteiger partial charge in [0.05, 0.1) is 23.0 Å². The smallest absolute Gasteiger partial charge is 0.221 e. The van der Waals surface area contributed by atoms with Gasteiger partial charge < -0.3 is 10.8 Å². The van der Waals surface area contributed by atoms with Crippen LogP contribution in [0.4, 0.5) is 5.95 Å². The van der Waals surface area contributed by atoms with Crippen molar-refractivity contribution in [2.45, 2.75) is 11.8 Å². The maximum atomic E-state index is 11.5. The van der Waals surface area contributed by atoms with Gasteiger partial charge in [-0.3, -0.25) is 0 Å². The fraction of sp³-hybridized carbons (Fsp3) is 0.167. The Morgan fingerprint density at radius 3 is 2.70 bits per heavy atom. The Morgan fingerprint density at radius 2 is 2.15 bits per heavy atom. The van der Waals surface area contributed by atoms with E-state index in [2.05, 4.69) is 10.1 Å². The van der Waals surface area contributed by atoms with Gasteiger partial charge in [0.2, 0.25) is 5.95 Å². The Hall–Kier alpha value is -2.35. The number of imidazole rings is 1. The molecule has 8 heteroatoms. The average Bonchev–Trinajstić information content (AvgIpc) is 2.65. The molecule has 1 aromatic heterocycles. The number of phenols is 1. The monoisotopic (exact) mass is 294 g/mol. The van der Waals surface area contributed by atoms with Crippen molar-refractivity contribution in [3.63, 3.8) is 0 Å². The highest BCUT2D eigenvalue weighted by Gasteiger charge is 2.09. The van der Waals surface area contributed by atoms with Gasteiger partial charge in [-0.25, -0.2) is 18.1 Å². The molecule has 0 aliphatic carbocycles. The second-order valence-corrected chi connectivity index (χ2v) is 6.34. The molecule has 0 atom stereocenters. The van der Waals surface area contributed by atoms with E-state index in [0.29, 0.717) is 5.69 Å². The molecule has 0 saturated heterocycles. The standard InChI is InChI=1S/C12H14N4O3S/c1-8-7-16(12(13)15-8)14-6-9-5-10(20(2,18)19)3-4-11(9)17/h3-7,17H,1-2H3,(H2,13,15). The fourth-order valence-electron chi connectivity index (χ4n) is 1.59. The summed E-state index contributed by atoms with van der Waals surface area (Å²) in [5.74, 6) is 0.133. The Morgan fingerprint density at radius 1 is 1.45 bits per heavy atom. The third kappa shape index (κ3) is 2.97. The normalized spacial score (nSPS) is 12.1. The predicted molar refractivity (Wildman–Crippen MR) is 75.6 cm³/mol. The number of nitrogens with zero attached hydrogens (tertiary/aromatic N) is 3. The molecule has 0 aliphatic heterocycles. The molecule has 2 aromatic rings. The minimum absolute atomic E-state index is 0.0726. The lowest BCUT2D eigenvalue weighted by Gasteiger charge is -2.02. The summed E-state index contributed by atoms with van der Waals surface area (Å²) in [7, 11) is -3.35. The SMILES string of the molecule is Cc1cn(N=Cc2cc(S(C)(=O)=O)ccc2O)c(N)n1. The molecular weight excluding hydrogens is 280 g/mol. The molecule has 0 radical (unpaired) electrons. The van der Waals surface area contributed by atoms with Crippen molar-refractivity contribution in [2.75, 3.05) is 12.0 Å². The van der Waals surface area contributed by atoms with Crippen molar-refractivity contribution in [2.24, 2.45) is 5.10 Å². The molecule has 7 nitrogen and oxygen atoms in total. The summed E-state index contributed by atoms with van der Waals surface area (Å²) in [5.41, 5.74) is 6.60. The van der Waals surface area contributed by atoms with E-state index in [0.717, 1.165) is 6.26 Å². The van der Waals surface area contributed by atoms with Gasteiger partial charge in [-0.2, -0.15) is 5.10 Å². The number of rotatable bonds is 3. The lowest BCUT2D eigenvalue weighted by molar-refractivity contribution is 0.474. The van der Waals surface area contributed by atoms with Crippen LogP contribution in [0.25, 0.3) is 0 Å². The van der Waals surface area contributed by atoms with Gasteiger partial charge in [-0.05, 0) is 25.1 Å². The third-order valence-electron chi connectivity index (χ3n) is 2.58. The summed E-state index contributed by atoms with van der Waals surface area (Å²) in [4.78, 5) is 4.07. The largest absolute Gasteiger partial charge is 0.507 e. The highest BCUT2D eigenvalue weighted by atomic mass is 32.2. The molecule has 106 valence electrons. The molecule has 0 saturated carbocycles. The van der Waals surface area contributed by atoms with Gasteiger partial charge in [0, 0.05) is 11.8 Å². The number of hydrogen-bond acceptors (Lipinski definition) is 6. The fourth-order valence-corrected chi connectivity index (χ4v) is 2.24. The van der Waals surface area contributed by atoms with Crippen LogP contribution in [0.2, 0.25) is 0 Å². The summed E-state index contributed by atoms with van der Waals surface area (Å²) in [5, 5.41) is 13.7. The van der Waals surface area contributed by atoms with Gasteiger partial charge in [0.1, 0.15) is 5.75 Å². The number of aryl methyl sites for hydroxylation is 1. The van der Waals surface area contributed by atoms with E-state index in [9.17, 15) is 13.5 Å². The molecule has 0 amide bonds. The predicted octanol–water partition coefficient (Wildman–Crippen LogP) is 0.765. The van der Waals surface area contributed by atoms with Gasteiger partial charge in [-0.1, -0.05) is 0 Å². The quantitative estimate of drug-likeness (QED) is 0.812. The maximum Gasteiger partial charge on any atom is 0.221 e. The Labute approximate surface area is 116 Å². The first-order chi connectivity index (χ1) is 9.27. The number of nitrogens with two attached hydrogens (primary N) is 1. The van der Waals surface area contributed by atoms with E-state index in [4.69, 9.17) is 5.73 Å². The van der Waals surface area contributed by atoms with Crippen molar-refractivity contribution >= 4 is 22.0 Å². The lowest BCUT2D eigenvalue weighted by Crippen LogP contribution is -1.99. The first-order valence-corrected chi connectivity index (χ1v) is 7.55. The first-order valence-electron chi connectivity index (χ1n) is 5.66. The summed E-state index contributed by atoms with van der Waals surface area (Å²) in [6.45, 7) is 1.77.